The predicted molar refractivity (Wildman–Crippen MR) is 50.5 cm³/mol. The number of hydrogen-bond donors (Lipinski definition) is 1. The van der Waals surface area contributed by atoms with E-state index in [1.807, 2.05) is 22.6 Å². The topological polar surface area (TPSA) is 78.1 Å². The lowest BCUT2D eigenvalue weighted by molar-refractivity contribution is 0.0593. The molecular formula is C6H6IN3O2. The highest BCUT2D eigenvalue weighted by Crippen LogP contribution is 2.08. The summed E-state index contributed by atoms with van der Waals surface area (Å²) in [5, 5.41) is 0. The average molecular weight is 279 g/mol. The van der Waals surface area contributed by atoms with Crippen molar-refractivity contribution < 1.29 is 9.53 Å². The summed E-state index contributed by atoms with van der Waals surface area (Å²) in [6.45, 7) is 0. The van der Waals surface area contributed by atoms with Crippen molar-refractivity contribution in [3.63, 3.8) is 0 Å². The lowest BCUT2D eigenvalue weighted by Crippen LogP contribution is -2.08. The van der Waals surface area contributed by atoms with Crippen LogP contribution in [0.1, 0.15) is 10.5 Å². The number of carbonyl (C=O) groups excluding carboxylic acids is 1. The van der Waals surface area contributed by atoms with E-state index in [1.54, 1.807) is 0 Å². The first-order valence-corrected chi connectivity index (χ1v) is 4.09. The number of methoxy groups -OCH3 is 1. The Hall–Kier alpha value is -0.920. The molecule has 1 aromatic heterocycles. The van der Waals surface area contributed by atoms with E-state index >= 15 is 0 Å². The SMILES string of the molecule is COC(=O)c1cnc(N)c(I)n1. The van der Waals surface area contributed by atoms with Gasteiger partial charge in [0.25, 0.3) is 0 Å². The molecule has 64 valence electrons. The summed E-state index contributed by atoms with van der Waals surface area (Å²) < 4.78 is 4.94. The minimum atomic E-state index is -0.514. The predicted octanol–water partition coefficient (Wildman–Crippen LogP) is 0.450. The molecule has 2 N–H and O–H groups in total. The van der Waals surface area contributed by atoms with Crippen LogP contribution in [0.2, 0.25) is 0 Å². The van der Waals surface area contributed by atoms with Crippen molar-refractivity contribution in [2.75, 3.05) is 12.8 Å². The Bertz CT molecular complexity index is 316. The molecule has 6 heteroatoms. The van der Waals surface area contributed by atoms with Gasteiger partial charge in [-0.2, -0.15) is 0 Å². The second-order valence-electron chi connectivity index (χ2n) is 1.92. The van der Waals surface area contributed by atoms with Gasteiger partial charge in [0.2, 0.25) is 0 Å². The molecule has 0 fully saturated rings. The molecule has 1 heterocycles. The van der Waals surface area contributed by atoms with Crippen LogP contribution in [-0.2, 0) is 4.74 Å². The van der Waals surface area contributed by atoms with Gasteiger partial charge in [-0.05, 0) is 22.6 Å². The lowest BCUT2D eigenvalue weighted by atomic mass is 10.4. The van der Waals surface area contributed by atoms with Gasteiger partial charge in [0, 0.05) is 0 Å². The van der Waals surface area contributed by atoms with Crippen LogP contribution < -0.4 is 5.73 Å². The van der Waals surface area contributed by atoms with Gasteiger partial charge in [-0.1, -0.05) is 0 Å². The van der Waals surface area contributed by atoms with E-state index in [1.165, 1.54) is 13.3 Å². The second kappa shape index (κ2) is 3.65. The second-order valence-corrected chi connectivity index (χ2v) is 2.94. The van der Waals surface area contributed by atoms with Gasteiger partial charge in [0.1, 0.15) is 3.70 Å². The molecule has 0 atom stereocenters. The molecule has 0 aliphatic heterocycles. The summed E-state index contributed by atoms with van der Waals surface area (Å²) in [5.41, 5.74) is 5.56. The fraction of sp³-hybridized carbons (Fsp3) is 0.167. The average Bonchev–Trinajstić information content (AvgIpc) is 2.08. The van der Waals surface area contributed by atoms with Crippen LogP contribution in [0.5, 0.6) is 0 Å². The number of anilines is 1. The summed E-state index contributed by atoms with van der Waals surface area (Å²) >= 11 is 1.89. The number of halogens is 1. The summed E-state index contributed by atoms with van der Waals surface area (Å²) in [5.74, 6) is -0.205. The molecule has 0 unspecified atom stereocenters. The van der Waals surface area contributed by atoms with Crippen molar-refractivity contribution in [2.24, 2.45) is 0 Å². The number of nitrogens with two attached hydrogens (primary N) is 1. The van der Waals surface area contributed by atoms with Crippen molar-refractivity contribution in [1.82, 2.24) is 9.97 Å². The zero-order chi connectivity index (χ0) is 9.14. The Morgan fingerprint density at radius 2 is 2.42 bits per heavy atom. The normalized spacial score (nSPS) is 9.50. The first-order valence-electron chi connectivity index (χ1n) is 3.01. The Kier molecular flexibility index (Phi) is 2.79. The van der Waals surface area contributed by atoms with E-state index in [0.717, 1.165) is 0 Å². The van der Waals surface area contributed by atoms with Crippen molar-refractivity contribution in [3.8, 4) is 0 Å². The number of aromatic nitrogens is 2. The van der Waals surface area contributed by atoms with Crippen LogP contribution in [-0.4, -0.2) is 23.0 Å². The zero-order valence-electron chi connectivity index (χ0n) is 6.24. The summed E-state index contributed by atoms with van der Waals surface area (Å²) in [6.07, 6.45) is 1.28. The lowest BCUT2D eigenvalue weighted by Gasteiger charge is -1.99. The molecule has 1 rings (SSSR count). The van der Waals surface area contributed by atoms with Crippen molar-refractivity contribution >= 4 is 34.4 Å². The molecule has 0 bridgehead atoms. The number of hydrogen-bond acceptors (Lipinski definition) is 5. The van der Waals surface area contributed by atoms with E-state index in [2.05, 4.69) is 14.7 Å². The standard InChI is InChI=1S/C6H6IN3O2/c1-12-6(11)3-2-9-5(8)4(7)10-3/h2H,1H3,(H2,8,9). The quantitative estimate of drug-likeness (QED) is 0.596. The summed E-state index contributed by atoms with van der Waals surface area (Å²) in [6, 6.07) is 0. The van der Waals surface area contributed by atoms with Crippen LogP contribution in [0.15, 0.2) is 6.20 Å². The molecular weight excluding hydrogens is 273 g/mol. The van der Waals surface area contributed by atoms with E-state index in [0.29, 0.717) is 9.52 Å². The highest BCUT2D eigenvalue weighted by Gasteiger charge is 2.09. The van der Waals surface area contributed by atoms with Crippen molar-refractivity contribution in [1.29, 1.82) is 0 Å². The fourth-order valence-corrected chi connectivity index (χ4v) is 0.978. The Labute approximate surface area is 82.5 Å². The first-order chi connectivity index (χ1) is 5.65. The molecule has 5 nitrogen and oxygen atoms in total. The Morgan fingerprint density at radius 3 is 2.92 bits per heavy atom. The Balaban J connectivity index is 3.05. The van der Waals surface area contributed by atoms with Crippen LogP contribution in [0.3, 0.4) is 0 Å². The number of nitrogen functional groups attached to an aromatic ring is 1. The molecule has 0 amide bonds. The molecule has 0 aliphatic rings. The molecule has 0 aliphatic carbocycles. The molecule has 12 heavy (non-hydrogen) atoms. The van der Waals surface area contributed by atoms with Crippen LogP contribution in [0, 0.1) is 3.70 Å². The summed E-state index contributed by atoms with van der Waals surface area (Å²) in [7, 11) is 1.28. The summed E-state index contributed by atoms with van der Waals surface area (Å²) in [4.78, 5) is 18.5. The highest BCUT2D eigenvalue weighted by molar-refractivity contribution is 14.1. The van der Waals surface area contributed by atoms with Gasteiger partial charge in [-0.25, -0.2) is 14.8 Å². The number of ether oxygens (including phenoxy) is 1. The van der Waals surface area contributed by atoms with E-state index in [9.17, 15) is 4.79 Å². The van der Waals surface area contributed by atoms with Gasteiger partial charge in [0.05, 0.1) is 13.3 Å². The fourth-order valence-electron chi connectivity index (χ4n) is 0.579. The highest BCUT2D eigenvalue weighted by atomic mass is 127. The van der Waals surface area contributed by atoms with Crippen LogP contribution in [0.25, 0.3) is 0 Å². The third-order valence-electron chi connectivity index (χ3n) is 1.15. The van der Waals surface area contributed by atoms with Gasteiger partial charge in [0.15, 0.2) is 11.5 Å². The van der Waals surface area contributed by atoms with Crippen molar-refractivity contribution in [3.05, 3.63) is 15.6 Å². The number of nitrogens with zero attached hydrogens (tertiary/aromatic N) is 2. The molecule has 0 spiro atoms. The Morgan fingerprint density at radius 1 is 1.75 bits per heavy atom. The number of rotatable bonds is 1. The maximum atomic E-state index is 10.9. The van der Waals surface area contributed by atoms with Gasteiger partial charge >= 0.3 is 5.97 Å². The zero-order valence-corrected chi connectivity index (χ0v) is 8.40. The smallest absolute Gasteiger partial charge is 0.358 e. The van der Waals surface area contributed by atoms with Gasteiger partial charge < -0.3 is 10.5 Å². The van der Waals surface area contributed by atoms with E-state index < -0.39 is 5.97 Å². The monoisotopic (exact) mass is 279 g/mol. The van der Waals surface area contributed by atoms with Gasteiger partial charge in [-0.15, -0.1) is 0 Å². The maximum Gasteiger partial charge on any atom is 0.358 e. The first kappa shape index (κ1) is 9.17. The third kappa shape index (κ3) is 1.81. The van der Waals surface area contributed by atoms with Crippen LogP contribution in [0.4, 0.5) is 5.82 Å². The van der Waals surface area contributed by atoms with Crippen LogP contribution >= 0.6 is 22.6 Å². The largest absolute Gasteiger partial charge is 0.464 e. The van der Waals surface area contributed by atoms with E-state index in [-0.39, 0.29) is 5.69 Å². The van der Waals surface area contributed by atoms with Crippen molar-refractivity contribution in [2.45, 2.75) is 0 Å². The molecule has 0 saturated carbocycles. The molecule has 0 aromatic carbocycles. The minimum Gasteiger partial charge on any atom is -0.464 e. The third-order valence-corrected chi connectivity index (χ3v) is 1.94. The minimum absolute atomic E-state index is 0.163. The number of esters is 1. The van der Waals surface area contributed by atoms with Gasteiger partial charge in [-0.3, -0.25) is 0 Å². The number of carbonyl (C=O) groups is 1. The molecule has 1 aromatic rings. The molecule has 0 saturated heterocycles. The molecule has 0 radical (unpaired) electrons. The van der Waals surface area contributed by atoms with E-state index in [4.69, 9.17) is 5.73 Å². The maximum absolute atomic E-state index is 10.9.